The zero-order valence-corrected chi connectivity index (χ0v) is 14.2. The van der Waals surface area contributed by atoms with Crippen LogP contribution in [0.5, 0.6) is 0 Å². The summed E-state index contributed by atoms with van der Waals surface area (Å²) >= 11 is 0. The second-order valence-corrected chi connectivity index (χ2v) is 6.74. The lowest BCUT2D eigenvalue weighted by atomic mass is 9.88. The van der Waals surface area contributed by atoms with Gasteiger partial charge in [0.15, 0.2) is 0 Å². The van der Waals surface area contributed by atoms with E-state index in [1.54, 1.807) is 0 Å². The summed E-state index contributed by atoms with van der Waals surface area (Å²) in [4.78, 5) is 25.3. The number of nitrogens with zero attached hydrogens (tertiary/aromatic N) is 1. The number of nitrogens with one attached hydrogen (secondary N) is 1. The number of carbonyl (C=O) groups excluding carboxylic acids is 2. The van der Waals surface area contributed by atoms with Gasteiger partial charge < -0.3 is 10.1 Å². The fraction of sp³-hybridized carbons (Fsp3) is 0.556. The van der Waals surface area contributed by atoms with Crippen molar-refractivity contribution >= 4 is 17.7 Å². The molecule has 0 spiro atoms. The zero-order chi connectivity index (χ0) is 18.7. The molecule has 8 heteroatoms. The molecule has 1 aliphatic carbocycles. The van der Waals surface area contributed by atoms with Crippen LogP contribution in [0.25, 0.3) is 0 Å². The Balaban J connectivity index is 1.58. The van der Waals surface area contributed by atoms with Crippen LogP contribution >= 0.6 is 0 Å². The standard InChI is InChI=1S/C18H21F3N2O3/c19-18(20,21)13-7-4-8-14(9-13)23-11-15(26-17(23)25)10-22-16(24)12-5-2-1-3-6-12/h4,7-9,12,15H,1-3,5-6,10-11H2,(H,22,24). The summed E-state index contributed by atoms with van der Waals surface area (Å²) in [5.74, 6) is -0.0429. The minimum Gasteiger partial charge on any atom is -0.442 e. The third-order valence-electron chi connectivity index (χ3n) is 4.84. The van der Waals surface area contributed by atoms with Gasteiger partial charge in [0.2, 0.25) is 5.91 Å². The number of halogens is 3. The summed E-state index contributed by atoms with van der Waals surface area (Å²) in [5.41, 5.74) is -0.692. The first-order chi connectivity index (χ1) is 12.3. The summed E-state index contributed by atoms with van der Waals surface area (Å²) < 4.78 is 43.7. The molecule has 1 N–H and O–H groups in total. The van der Waals surface area contributed by atoms with E-state index in [1.165, 1.54) is 12.1 Å². The average molecular weight is 370 g/mol. The molecule has 3 rings (SSSR count). The number of ether oxygens (including phenoxy) is 1. The molecule has 1 heterocycles. The van der Waals surface area contributed by atoms with E-state index in [4.69, 9.17) is 4.74 Å². The third-order valence-corrected chi connectivity index (χ3v) is 4.84. The molecule has 26 heavy (non-hydrogen) atoms. The lowest BCUT2D eigenvalue weighted by Gasteiger charge is -2.21. The molecule has 0 radical (unpaired) electrons. The quantitative estimate of drug-likeness (QED) is 0.879. The number of amides is 2. The van der Waals surface area contributed by atoms with Crippen molar-refractivity contribution in [2.45, 2.75) is 44.4 Å². The van der Waals surface area contributed by atoms with Gasteiger partial charge in [-0.05, 0) is 31.0 Å². The number of benzene rings is 1. The van der Waals surface area contributed by atoms with E-state index >= 15 is 0 Å². The topological polar surface area (TPSA) is 58.6 Å². The molecule has 1 aromatic rings. The van der Waals surface area contributed by atoms with Crippen LogP contribution in [0.1, 0.15) is 37.7 Å². The summed E-state index contributed by atoms with van der Waals surface area (Å²) in [6, 6.07) is 4.56. The molecule has 0 bridgehead atoms. The summed E-state index contributed by atoms with van der Waals surface area (Å²) in [5, 5.41) is 2.80. The maximum atomic E-state index is 12.8. The molecule has 1 atom stereocenters. The highest BCUT2D eigenvalue weighted by Crippen LogP contribution is 2.32. The number of hydrogen-bond donors (Lipinski definition) is 1. The first kappa shape index (κ1) is 18.5. The van der Waals surface area contributed by atoms with Crippen molar-refractivity contribution in [2.75, 3.05) is 18.0 Å². The van der Waals surface area contributed by atoms with Crippen LogP contribution in [0.3, 0.4) is 0 Å². The van der Waals surface area contributed by atoms with Gasteiger partial charge in [-0.2, -0.15) is 13.2 Å². The highest BCUT2D eigenvalue weighted by molar-refractivity contribution is 5.90. The number of cyclic esters (lactones) is 1. The maximum Gasteiger partial charge on any atom is 0.416 e. The van der Waals surface area contributed by atoms with Gasteiger partial charge in [0.1, 0.15) is 6.10 Å². The number of alkyl halides is 3. The fourth-order valence-corrected chi connectivity index (χ4v) is 3.41. The molecule has 0 aromatic heterocycles. The molecule has 1 unspecified atom stereocenters. The normalized spacial score (nSPS) is 21.6. The number of hydrogen-bond acceptors (Lipinski definition) is 3. The van der Waals surface area contributed by atoms with Crippen molar-refractivity contribution in [3.8, 4) is 0 Å². The van der Waals surface area contributed by atoms with E-state index in [0.29, 0.717) is 0 Å². The molecule has 1 saturated carbocycles. The van der Waals surface area contributed by atoms with Crippen molar-refractivity contribution in [3.05, 3.63) is 29.8 Å². The summed E-state index contributed by atoms with van der Waals surface area (Å²) in [6.45, 7) is 0.266. The Morgan fingerprint density at radius 1 is 1.23 bits per heavy atom. The van der Waals surface area contributed by atoms with Gasteiger partial charge in [0.25, 0.3) is 0 Å². The minimum absolute atomic E-state index is 0.000393. The van der Waals surface area contributed by atoms with Crippen LogP contribution in [-0.4, -0.2) is 31.2 Å². The van der Waals surface area contributed by atoms with E-state index < -0.39 is 23.9 Å². The Morgan fingerprint density at radius 3 is 2.65 bits per heavy atom. The van der Waals surface area contributed by atoms with E-state index in [9.17, 15) is 22.8 Å². The van der Waals surface area contributed by atoms with Gasteiger partial charge >= 0.3 is 12.3 Å². The molecular formula is C18H21F3N2O3. The summed E-state index contributed by atoms with van der Waals surface area (Å²) in [6.07, 6.45) is -0.798. The molecule has 5 nitrogen and oxygen atoms in total. The second kappa shape index (κ2) is 7.55. The van der Waals surface area contributed by atoms with Crippen LogP contribution in [-0.2, 0) is 15.7 Å². The van der Waals surface area contributed by atoms with Crippen LogP contribution in [0, 0.1) is 5.92 Å². The first-order valence-electron chi connectivity index (χ1n) is 8.78. The highest BCUT2D eigenvalue weighted by atomic mass is 19.4. The number of carbonyl (C=O) groups is 2. The van der Waals surface area contributed by atoms with Crippen molar-refractivity contribution < 1.29 is 27.5 Å². The largest absolute Gasteiger partial charge is 0.442 e. The van der Waals surface area contributed by atoms with E-state index in [-0.39, 0.29) is 30.6 Å². The minimum atomic E-state index is -4.48. The number of anilines is 1. The van der Waals surface area contributed by atoms with Gasteiger partial charge in [-0.1, -0.05) is 25.3 Å². The van der Waals surface area contributed by atoms with Gasteiger partial charge in [-0.3, -0.25) is 9.69 Å². The molecule has 2 amide bonds. The molecule has 1 saturated heterocycles. The molecular weight excluding hydrogens is 349 g/mol. The predicted octanol–water partition coefficient (Wildman–Crippen LogP) is 3.73. The smallest absolute Gasteiger partial charge is 0.416 e. The fourth-order valence-electron chi connectivity index (χ4n) is 3.41. The molecule has 2 fully saturated rings. The van der Waals surface area contributed by atoms with Crippen molar-refractivity contribution in [2.24, 2.45) is 5.92 Å². The van der Waals surface area contributed by atoms with Crippen molar-refractivity contribution in [3.63, 3.8) is 0 Å². The first-order valence-corrected chi connectivity index (χ1v) is 8.78. The SMILES string of the molecule is O=C(NCC1CN(c2cccc(C(F)(F)F)c2)C(=O)O1)C1CCCCC1. The molecule has 1 aromatic carbocycles. The lowest BCUT2D eigenvalue weighted by molar-refractivity contribution is -0.137. The van der Waals surface area contributed by atoms with E-state index in [2.05, 4.69) is 5.32 Å². The van der Waals surface area contributed by atoms with Gasteiger partial charge in [0.05, 0.1) is 18.7 Å². The Labute approximate surface area is 149 Å². The van der Waals surface area contributed by atoms with Crippen molar-refractivity contribution in [1.82, 2.24) is 5.32 Å². The Hall–Kier alpha value is -2.25. The van der Waals surface area contributed by atoms with Gasteiger partial charge in [0, 0.05) is 11.6 Å². The van der Waals surface area contributed by atoms with Gasteiger partial charge in [-0.25, -0.2) is 4.79 Å². The molecule has 142 valence electrons. The monoisotopic (exact) mass is 370 g/mol. The van der Waals surface area contributed by atoms with Gasteiger partial charge in [-0.15, -0.1) is 0 Å². The van der Waals surface area contributed by atoms with Crippen molar-refractivity contribution in [1.29, 1.82) is 0 Å². The zero-order valence-electron chi connectivity index (χ0n) is 14.2. The number of rotatable bonds is 4. The highest BCUT2D eigenvalue weighted by Gasteiger charge is 2.35. The Bertz CT molecular complexity index is 672. The van der Waals surface area contributed by atoms with Crippen LogP contribution in [0.4, 0.5) is 23.7 Å². The predicted molar refractivity (Wildman–Crippen MR) is 88.6 cm³/mol. The van der Waals surface area contributed by atoms with E-state index in [0.717, 1.165) is 49.1 Å². The Morgan fingerprint density at radius 2 is 1.96 bits per heavy atom. The lowest BCUT2D eigenvalue weighted by Crippen LogP contribution is -2.38. The van der Waals surface area contributed by atoms with Crippen LogP contribution in [0.2, 0.25) is 0 Å². The average Bonchev–Trinajstić information content (AvgIpc) is 3.00. The molecule has 2 aliphatic rings. The summed E-state index contributed by atoms with van der Waals surface area (Å²) in [7, 11) is 0. The van der Waals surface area contributed by atoms with Crippen LogP contribution < -0.4 is 10.2 Å². The maximum absolute atomic E-state index is 12.8. The van der Waals surface area contributed by atoms with Crippen LogP contribution in [0.15, 0.2) is 24.3 Å². The third kappa shape index (κ3) is 4.28. The molecule has 1 aliphatic heterocycles. The second-order valence-electron chi connectivity index (χ2n) is 6.74. The Kier molecular flexibility index (Phi) is 5.38. The van der Waals surface area contributed by atoms with E-state index in [1.807, 2.05) is 0 Å².